The summed E-state index contributed by atoms with van der Waals surface area (Å²) >= 11 is 3.56. The van der Waals surface area contributed by atoms with E-state index in [1.807, 2.05) is 18.2 Å². The number of likely N-dealkylation sites (tertiary alicyclic amines) is 1. The molecule has 1 fully saturated rings. The Balaban J connectivity index is 2.17. The van der Waals surface area contributed by atoms with Crippen LogP contribution in [0.4, 0.5) is 5.69 Å². The number of anilines is 1. The molecule has 4 heteroatoms. The molecule has 0 amide bonds. The lowest BCUT2D eigenvalue weighted by Crippen LogP contribution is -2.45. The Hall–Kier alpha value is -0.870. The molecule has 0 saturated carbocycles. The highest BCUT2D eigenvalue weighted by Gasteiger charge is 2.22. The lowest BCUT2D eigenvalue weighted by molar-refractivity contribution is 0.112. The summed E-state index contributed by atoms with van der Waals surface area (Å²) in [6, 6.07) is 6.31. The summed E-state index contributed by atoms with van der Waals surface area (Å²) < 4.78 is 0.989. The summed E-state index contributed by atoms with van der Waals surface area (Å²) in [4.78, 5) is 15.4. The van der Waals surface area contributed by atoms with Crippen LogP contribution in [0.5, 0.6) is 0 Å². The van der Waals surface area contributed by atoms with E-state index in [0.29, 0.717) is 11.6 Å². The Kier molecular flexibility index (Phi) is 4.40. The van der Waals surface area contributed by atoms with Gasteiger partial charge in [-0.15, -0.1) is 0 Å². The van der Waals surface area contributed by atoms with Crippen LogP contribution >= 0.6 is 15.9 Å². The number of hydrogen-bond acceptors (Lipinski definition) is 3. The maximum absolute atomic E-state index is 10.7. The average Bonchev–Trinajstić information content (AvgIpc) is 2.37. The molecule has 98 valence electrons. The monoisotopic (exact) mass is 310 g/mol. The van der Waals surface area contributed by atoms with Crippen LogP contribution in [0, 0.1) is 0 Å². The fourth-order valence-corrected chi connectivity index (χ4v) is 3.21. The third-order valence-corrected chi connectivity index (χ3v) is 4.27. The SMILES string of the molecule is CN1CCCC(N(C)c2ccc(C=O)cc2Br)C1. The molecule has 1 aliphatic heterocycles. The number of aldehydes is 1. The third-order valence-electron chi connectivity index (χ3n) is 3.64. The molecule has 1 aliphatic rings. The molecule has 3 nitrogen and oxygen atoms in total. The first-order chi connectivity index (χ1) is 8.61. The molecule has 0 bridgehead atoms. The van der Waals surface area contributed by atoms with E-state index in [2.05, 4.69) is 39.8 Å². The maximum atomic E-state index is 10.7. The molecule has 2 rings (SSSR count). The molecular weight excluding hydrogens is 292 g/mol. The topological polar surface area (TPSA) is 23.6 Å². The third kappa shape index (κ3) is 2.93. The van der Waals surface area contributed by atoms with Gasteiger partial charge in [-0.05, 0) is 60.6 Å². The van der Waals surface area contributed by atoms with E-state index in [4.69, 9.17) is 0 Å². The van der Waals surface area contributed by atoms with Crippen LogP contribution in [0.1, 0.15) is 23.2 Å². The van der Waals surface area contributed by atoms with Crippen molar-refractivity contribution < 1.29 is 4.79 Å². The number of hydrogen-bond donors (Lipinski definition) is 0. The highest BCUT2D eigenvalue weighted by molar-refractivity contribution is 9.10. The Morgan fingerprint density at radius 3 is 2.89 bits per heavy atom. The molecule has 1 saturated heterocycles. The molecule has 0 radical (unpaired) electrons. The van der Waals surface area contributed by atoms with Gasteiger partial charge in [0.05, 0.1) is 5.69 Å². The van der Waals surface area contributed by atoms with Gasteiger partial charge in [-0.1, -0.05) is 0 Å². The molecule has 1 unspecified atom stereocenters. The molecule has 1 aromatic rings. The van der Waals surface area contributed by atoms with Gasteiger partial charge in [0, 0.05) is 29.7 Å². The van der Waals surface area contributed by atoms with Gasteiger partial charge < -0.3 is 9.80 Å². The normalized spacial score (nSPS) is 20.7. The average molecular weight is 311 g/mol. The van der Waals surface area contributed by atoms with Gasteiger partial charge >= 0.3 is 0 Å². The van der Waals surface area contributed by atoms with E-state index >= 15 is 0 Å². The number of rotatable bonds is 3. The number of likely N-dealkylation sites (N-methyl/N-ethyl adjacent to an activating group) is 2. The molecule has 0 aliphatic carbocycles. The van der Waals surface area contributed by atoms with Crippen LogP contribution in [0.2, 0.25) is 0 Å². The zero-order chi connectivity index (χ0) is 13.1. The first kappa shape index (κ1) is 13.6. The number of benzene rings is 1. The molecule has 0 N–H and O–H groups in total. The summed E-state index contributed by atoms with van der Waals surface area (Å²) in [5.74, 6) is 0. The molecule has 1 aromatic carbocycles. The molecule has 0 aromatic heterocycles. The first-order valence-corrected chi connectivity index (χ1v) is 7.07. The molecule has 0 spiro atoms. The second-order valence-corrected chi connectivity index (χ2v) is 5.85. The van der Waals surface area contributed by atoms with Gasteiger partial charge in [0.15, 0.2) is 0 Å². The van der Waals surface area contributed by atoms with Crippen molar-refractivity contribution in [3.8, 4) is 0 Å². The summed E-state index contributed by atoms with van der Waals surface area (Å²) in [6.45, 7) is 2.29. The fourth-order valence-electron chi connectivity index (χ4n) is 2.53. The highest BCUT2D eigenvalue weighted by Crippen LogP contribution is 2.29. The zero-order valence-electron chi connectivity index (χ0n) is 10.9. The smallest absolute Gasteiger partial charge is 0.150 e. The minimum atomic E-state index is 0.544. The van der Waals surface area contributed by atoms with Crippen molar-refractivity contribution in [1.29, 1.82) is 0 Å². The number of carbonyl (C=O) groups is 1. The summed E-state index contributed by atoms with van der Waals surface area (Å²) in [6.07, 6.45) is 3.35. The van der Waals surface area contributed by atoms with Crippen LogP contribution in [-0.2, 0) is 0 Å². The predicted octanol–water partition coefficient (Wildman–Crippen LogP) is 2.79. The summed E-state index contributed by atoms with van der Waals surface area (Å²) in [7, 11) is 4.30. The minimum absolute atomic E-state index is 0.544. The van der Waals surface area contributed by atoms with Crippen molar-refractivity contribution in [2.45, 2.75) is 18.9 Å². The van der Waals surface area contributed by atoms with Gasteiger partial charge in [0.1, 0.15) is 6.29 Å². The first-order valence-electron chi connectivity index (χ1n) is 6.28. The molecule has 1 atom stereocenters. The van der Waals surface area contributed by atoms with Crippen molar-refractivity contribution >= 4 is 27.9 Å². The van der Waals surface area contributed by atoms with Crippen LogP contribution in [0.15, 0.2) is 22.7 Å². The van der Waals surface area contributed by atoms with E-state index < -0.39 is 0 Å². The predicted molar refractivity (Wildman–Crippen MR) is 78.5 cm³/mol. The Labute approximate surface area is 117 Å². The van der Waals surface area contributed by atoms with E-state index in [-0.39, 0.29) is 0 Å². The van der Waals surface area contributed by atoms with Crippen LogP contribution < -0.4 is 4.90 Å². The van der Waals surface area contributed by atoms with E-state index in [1.54, 1.807) is 0 Å². The summed E-state index contributed by atoms with van der Waals surface area (Å²) in [5, 5.41) is 0. The number of piperidine rings is 1. The second kappa shape index (κ2) is 5.85. The Morgan fingerprint density at radius 2 is 2.28 bits per heavy atom. The van der Waals surface area contributed by atoms with Crippen molar-refractivity contribution in [2.24, 2.45) is 0 Å². The van der Waals surface area contributed by atoms with Crippen LogP contribution in [0.3, 0.4) is 0 Å². The maximum Gasteiger partial charge on any atom is 0.150 e. The van der Waals surface area contributed by atoms with E-state index in [0.717, 1.165) is 23.0 Å². The molecule has 1 heterocycles. The van der Waals surface area contributed by atoms with Gasteiger partial charge in [-0.3, -0.25) is 4.79 Å². The lowest BCUT2D eigenvalue weighted by Gasteiger charge is -2.37. The largest absolute Gasteiger partial charge is 0.369 e. The summed E-state index contributed by atoms with van der Waals surface area (Å²) in [5.41, 5.74) is 1.86. The van der Waals surface area contributed by atoms with Crippen molar-refractivity contribution in [3.63, 3.8) is 0 Å². The minimum Gasteiger partial charge on any atom is -0.369 e. The molecular formula is C14H19BrN2O. The Bertz CT molecular complexity index is 436. The van der Waals surface area contributed by atoms with E-state index in [1.165, 1.54) is 19.4 Å². The molecule has 18 heavy (non-hydrogen) atoms. The van der Waals surface area contributed by atoms with Crippen molar-refractivity contribution in [2.75, 3.05) is 32.1 Å². The second-order valence-electron chi connectivity index (χ2n) is 5.00. The van der Waals surface area contributed by atoms with Crippen LogP contribution in [0.25, 0.3) is 0 Å². The van der Waals surface area contributed by atoms with Crippen LogP contribution in [-0.4, -0.2) is 44.4 Å². The number of carbonyl (C=O) groups excluding carboxylic acids is 1. The quantitative estimate of drug-likeness (QED) is 0.802. The van der Waals surface area contributed by atoms with E-state index in [9.17, 15) is 4.79 Å². The van der Waals surface area contributed by atoms with Gasteiger partial charge in [0.2, 0.25) is 0 Å². The zero-order valence-corrected chi connectivity index (χ0v) is 12.5. The Morgan fingerprint density at radius 1 is 1.50 bits per heavy atom. The fraction of sp³-hybridized carbons (Fsp3) is 0.500. The van der Waals surface area contributed by atoms with Gasteiger partial charge in [0.25, 0.3) is 0 Å². The van der Waals surface area contributed by atoms with Gasteiger partial charge in [-0.2, -0.15) is 0 Å². The number of nitrogens with zero attached hydrogens (tertiary/aromatic N) is 2. The standard InChI is InChI=1S/C14H19BrN2O/c1-16-7-3-4-12(9-16)17(2)14-6-5-11(10-18)8-13(14)15/h5-6,8,10,12H,3-4,7,9H2,1-2H3. The lowest BCUT2D eigenvalue weighted by atomic mass is 10.0. The van der Waals surface area contributed by atoms with Crippen molar-refractivity contribution in [3.05, 3.63) is 28.2 Å². The van der Waals surface area contributed by atoms with Crippen molar-refractivity contribution in [1.82, 2.24) is 4.90 Å². The number of halogens is 1. The highest BCUT2D eigenvalue weighted by atomic mass is 79.9. The van der Waals surface area contributed by atoms with Gasteiger partial charge in [-0.25, -0.2) is 0 Å².